The average molecular weight is 319 g/mol. The van der Waals surface area contributed by atoms with Gasteiger partial charge >= 0.3 is 0 Å². The van der Waals surface area contributed by atoms with Crippen LogP contribution in [0.1, 0.15) is 71.1 Å². The van der Waals surface area contributed by atoms with E-state index in [2.05, 4.69) is 25.1 Å². The Morgan fingerprint density at radius 3 is 2.14 bits per heavy atom. The molecule has 122 valence electrons. The van der Waals surface area contributed by atoms with Crippen LogP contribution in [0.15, 0.2) is 39.8 Å². The number of furan rings is 1. The zero-order valence-electron chi connectivity index (χ0n) is 14.0. The molecular formula is C20H30OS. The lowest BCUT2D eigenvalue weighted by Crippen LogP contribution is -1.83. The smallest absolute Gasteiger partial charge is 0.161 e. The number of fused-ring (bicyclic) bond motifs is 1. The summed E-state index contributed by atoms with van der Waals surface area (Å²) in [6, 6.07) is 10.4. The Morgan fingerprint density at radius 2 is 1.45 bits per heavy atom. The molecule has 2 rings (SSSR count). The second kappa shape index (κ2) is 10.8. The van der Waals surface area contributed by atoms with E-state index in [1.165, 1.54) is 75.3 Å². The molecule has 1 nitrogen and oxygen atoms in total. The monoisotopic (exact) mass is 318 g/mol. The van der Waals surface area contributed by atoms with Crippen molar-refractivity contribution >= 4 is 22.7 Å². The highest BCUT2D eigenvalue weighted by Crippen LogP contribution is 2.27. The van der Waals surface area contributed by atoms with E-state index in [1.807, 2.05) is 23.9 Å². The van der Waals surface area contributed by atoms with Crippen LogP contribution in [-0.2, 0) is 0 Å². The van der Waals surface area contributed by atoms with Gasteiger partial charge in [-0.15, -0.1) is 0 Å². The first kappa shape index (κ1) is 17.5. The van der Waals surface area contributed by atoms with Gasteiger partial charge in [0.25, 0.3) is 0 Å². The van der Waals surface area contributed by atoms with Gasteiger partial charge in [-0.25, -0.2) is 0 Å². The second-order valence-electron chi connectivity index (χ2n) is 6.13. The first-order valence-electron chi connectivity index (χ1n) is 9.01. The molecule has 2 heteroatoms. The molecule has 0 amide bonds. The number of unbranched alkanes of at least 4 members (excludes halogenated alkanes) is 9. The third kappa shape index (κ3) is 6.48. The average Bonchev–Trinajstić information content (AvgIpc) is 2.95. The van der Waals surface area contributed by atoms with Crippen molar-refractivity contribution in [3.8, 4) is 0 Å². The van der Waals surface area contributed by atoms with E-state index < -0.39 is 0 Å². The van der Waals surface area contributed by atoms with Crippen molar-refractivity contribution in [2.75, 3.05) is 5.75 Å². The molecule has 0 saturated carbocycles. The van der Waals surface area contributed by atoms with E-state index in [4.69, 9.17) is 4.42 Å². The minimum absolute atomic E-state index is 1.01. The summed E-state index contributed by atoms with van der Waals surface area (Å²) in [4.78, 5) is 0. The second-order valence-corrected chi connectivity index (χ2v) is 7.23. The van der Waals surface area contributed by atoms with Gasteiger partial charge in [-0.2, -0.15) is 0 Å². The molecular weight excluding hydrogens is 288 g/mol. The van der Waals surface area contributed by atoms with Crippen molar-refractivity contribution < 1.29 is 4.42 Å². The van der Waals surface area contributed by atoms with Crippen LogP contribution in [0.25, 0.3) is 11.0 Å². The summed E-state index contributed by atoms with van der Waals surface area (Å²) in [5, 5.41) is 2.28. The third-order valence-electron chi connectivity index (χ3n) is 4.15. The van der Waals surface area contributed by atoms with Crippen LogP contribution in [-0.4, -0.2) is 5.75 Å². The van der Waals surface area contributed by atoms with E-state index in [9.17, 15) is 0 Å². The van der Waals surface area contributed by atoms with E-state index in [1.54, 1.807) is 0 Å². The fourth-order valence-corrected chi connectivity index (χ4v) is 3.70. The Balaban J connectivity index is 1.46. The Kier molecular flexibility index (Phi) is 8.55. The van der Waals surface area contributed by atoms with Gasteiger partial charge in [0.2, 0.25) is 0 Å². The van der Waals surface area contributed by atoms with Crippen LogP contribution in [0.2, 0.25) is 0 Å². The molecule has 0 bridgehead atoms. The molecule has 22 heavy (non-hydrogen) atoms. The van der Waals surface area contributed by atoms with Crippen LogP contribution in [0.4, 0.5) is 0 Å². The maximum Gasteiger partial charge on any atom is 0.161 e. The van der Waals surface area contributed by atoms with Crippen molar-refractivity contribution in [2.24, 2.45) is 0 Å². The maximum atomic E-state index is 5.82. The first-order valence-corrected chi connectivity index (χ1v) is 10.00. The van der Waals surface area contributed by atoms with Crippen LogP contribution in [0.3, 0.4) is 0 Å². The molecule has 0 aliphatic heterocycles. The molecule has 0 radical (unpaired) electrons. The van der Waals surface area contributed by atoms with Gasteiger partial charge in [0, 0.05) is 11.1 Å². The number of thioether (sulfide) groups is 1. The van der Waals surface area contributed by atoms with Gasteiger partial charge in [-0.1, -0.05) is 94.7 Å². The predicted octanol–water partition coefficient (Wildman–Crippen LogP) is 7.45. The zero-order chi connectivity index (χ0) is 15.5. The molecule has 0 fully saturated rings. The summed E-state index contributed by atoms with van der Waals surface area (Å²) in [7, 11) is 0. The lowest BCUT2D eigenvalue weighted by molar-refractivity contribution is 0.514. The van der Waals surface area contributed by atoms with Crippen LogP contribution < -0.4 is 0 Å². The summed E-state index contributed by atoms with van der Waals surface area (Å²) < 4.78 is 5.82. The Morgan fingerprint density at radius 1 is 0.818 bits per heavy atom. The number of rotatable bonds is 12. The van der Waals surface area contributed by atoms with Gasteiger partial charge in [-0.05, 0) is 18.6 Å². The number of para-hydroxylation sites is 1. The highest BCUT2D eigenvalue weighted by atomic mass is 32.2. The lowest BCUT2D eigenvalue weighted by Gasteiger charge is -2.02. The molecule has 1 aromatic carbocycles. The zero-order valence-corrected chi connectivity index (χ0v) is 14.8. The first-order chi connectivity index (χ1) is 10.9. The Labute approximate surface area is 139 Å². The van der Waals surface area contributed by atoms with Gasteiger partial charge < -0.3 is 4.42 Å². The van der Waals surface area contributed by atoms with E-state index in [0.29, 0.717) is 0 Å². The molecule has 0 N–H and O–H groups in total. The summed E-state index contributed by atoms with van der Waals surface area (Å²) in [6.07, 6.45) is 14.0. The molecule has 0 unspecified atom stereocenters. The molecule has 0 aliphatic rings. The standard InChI is InChI=1S/C20H30OS/c1-2-3-4-5-6-7-8-9-10-13-16-22-20-17-18-14-11-12-15-19(18)21-20/h11-12,14-15,17H,2-10,13,16H2,1H3. The van der Waals surface area contributed by atoms with Gasteiger partial charge in [0.15, 0.2) is 5.09 Å². The molecule has 2 aromatic rings. The number of hydrogen-bond donors (Lipinski definition) is 0. The molecule has 1 aromatic heterocycles. The van der Waals surface area contributed by atoms with Crippen molar-refractivity contribution in [1.29, 1.82) is 0 Å². The van der Waals surface area contributed by atoms with Crippen LogP contribution in [0, 0.1) is 0 Å². The van der Waals surface area contributed by atoms with E-state index in [-0.39, 0.29) is 0 Å². The molecule has 0 aliphatic carbocycles. The van der Waals surface area contributed by atoms with Crippen molar-refractivity contribution in [2.45, 2.75) is 76.2 Å². The largest absolute Gasteiger partial charge is 0.450 e. The highest BCUT2D eigenvalue weighted by Gasteiger charge is 2.03. The number of hydrogen-bond acceptors (Lipinski definition) is 2. The quantitative estimate of drug-likeness (QED) is 0.298. The van der Waals surface area contributed by atoms with Crippen molar-refractivity contribution in [3.63, 3.8) is 0 Å². The van der Waals surface area contributed by atoms with Crippen LogP contribution in [0.5, 0.6) is 0 Å². The van der Waals surface area contributed by atoms with E-state index in [0.717, 1.165) is 10.7 Å². The van der Waals surface area contributed by atoms with Gasteiger partial charge in [0.05, 0.1) is 0 Å². The summed E-state index contributed by atoms with van der Waals surface area (Å²) >= 11 is 1.86. The fraction of sp³-hybridized carbons (Fsp3) is 0.600. The minimum atomic E-state index is 1.01. The molecule has 0 saturated heterocycles. The Hall–Kier alpha value is -0.890. The fourth-order valence-electron chi connectivity index (χ4n) is 2.79. The molecule has 0 spiro atoms. The third-order valence-corrected chi connectivity index (χ3v) is 5.12. The molecule has 0 atom stereocenters. The topological polar surface area (TPSA) is 13.1 Å². The number of benzene rings is 1. The molecule has 1 heterocycles. The predicted molar refractivity (Wildman–Crippen MR) is 98.8 cm³/mol. The minimum Gasteiger partial charge on any atom is -0.450 e. The lowest BCUT2D eigenvalue weighted by atomic mass is 10.1. The SMILES string of the molecule is CCCCCCCCCCCCSc1cc2ccccc2o1. The van der Waals surface area contributed by atoms with Gasteiger partial charge in [-0.3, -0.25) is 0 Å². The maximum absolute atomic E-state index is 5.82. The van der Waals surface area contributed by atoms with Crippen LogP contribution >= 0.6 is 11.8 Å². The van der Waals surface area contributed by atoms with E-state index >= 15 is 0 Å². The van der Waals surface area contributed by atoms with Crippen molar-refractivity contribution in [1.82, 2.24) is 0 Å². The summed E-state index contributed by atoms with van der Waals surface area (Å²) in [5.74, 6) is 1.18. The normalized spacial score (nSPS) is 11.3. The highest BCUT2D eigenvalue weighted by molar-refractivity contribution is 7.99. The summed E-state index contributed by atoms with van der Waals surface area (Å²) in [5.41, 5.74) is 1.01. The Bertz CT molecular complexity index is 484. The van der Waals surface area contributed by atoms with Gasteiger partial charge in [0.1, 0.15) is 5.58 Å². The van der Waals surface area contributed by atoms with Crippen molar-refractivity contribution in [3.05, 3.63) is 30.3 Å². The summed E-state index contributed by atoms with van der Waals surface area (Å²) in [6.45, 7) is 2.28.